The Labute approximate surface area is 277 Å². The molecule has 3 saturated heterocycles. The number of carbonyl (C=O) groups is 5. The number of piperidine rings is 3. The molecule has 12 nitrogen and oxygen atoms in total. The van der Waals surface area contributed by atoms with Crippen molar-refractivity contribution in [3.8, 4) is 5.75 Å². The van der Waals surface area contributed by atoms with E-state index in [9.17, 15) is 24.0 Å². The zero-order chi connectivity index (χ0) is 32.7. The van der Waals surface area contributed by atoms with E-state index < -0.39 is 23.6 Å². The summed E-state index contributed by atoms with van der Waals surface area (Å²) in [4.78, 5) is 69.1. The van der Waals surface area contributed by atoms with Crippen LogP contribution < -0.4 is 15.4 Å². The second kappa shape index (κ2) is 12.8. The van der Waals surface area contributed by atoms with Crippen molar-refractivity contribution < 1.29 is 33.4 Å². The Hall–Kier alpha value is -4.16. The van der Waals surface area contributed by atoms with E-state index >= 15 is 0 Å². The highest BCUT2D eigenvalue weighted by atomic mass is 35.5. The molecule has 0 radical (unpaired) electrons. The van der Waals surface area contributed by atoms with Crippen molar-refractivity contribution in [1.29, 1.82) is 0 Å². The monoisotopic (exact) mass is 663 g/mol. The minimum Gasteiger partial charge on any atom is -0.493 e. The van der Waals surface area contributed by atoms with Crippen molar-refractivity contribution >= 4 is 47.0 Å². The highest BCUT2D eigenvalue weighted by molar-refractivity contribution is 6.30. The molecule has 0 aliphatic carbocycles. The molecule has 47 heavy (non-hydrogen) atoms. The van der Waals surface area contributed by atoms with Crippen LogP contribution in [0.1, 0.15) is 72.9 Å². The van der Waals surface area contributed by atoms with Crippen molar-refractivity contribution in [2.45, 2.75) is 75.6 Å². The van der Waals surface area contributed by atoms with Gasteiger partial charge in [0, 0.05) is 60.6 Å². The molecule has 5 amide bonds. The molecular weight excluding hydrogens is 626 g/mol. The number of amides is 5. The van der Waals surface area contributed by atoms with Gasteiger partial charge in [-0.3, -0.25) is 34.7 Å². The van der Waals surface area contributed by atoms with E-state index in [2.05, 4.69) is 15.5 Å². The minimum absolute atomic E-state index is 0.111. The number of ether oxygens (including phenoxy) is 2. The fourth-order valence-electron chi connectivity index (χ4n) is 7.72. The summed E-state index contributed by atoms with van der Waals surface area (Å²) in [5.41, 5.74) is 2.02. The van der Waals surface area contributed by atoms with E-state index in [0.29, 0.717) is 73.9 Å². The molecule has 2 unspecified atom stereocenters. The lowest BCUT2D eigenvalue weighted by Gasteiger charge is -2.46. The molecular formula is C34H38ClN5O7. The van der Waals surface area contributed by atoms with Gasteiger partial charge in [-0.2, -0.15) is 0 Å². The molecule has 7 rings (SSSR count). The fraction of sp³-hybridized carbons (Fsp3) is 0.500. The van der Waals surface area contributed by atoms with Crippen LogP contribution >= 0.6 is 11.6 Å². The first-order valence-corrected chi connectivity index (χ1v) is 16.8. The van der Waals surface area contributed by atoms with E-state index in [1.165, 1.54) is 4.90 Å². The zero-order valence-corrected chi connectivity index (χ0v) is 26.9. The van der Waals surface area contributed by atoms with Crippen LogP contribution in [0.4, 0.5) is 10.5 Å². The third kappa shape index (κ3) is 6.04. The lowest BCUT2D eigenvalue weighted by Crippen LogP contribution is -2.55. The number of nitrogens with zero attached hydrogens (tertiary/aromatic N) is 3. The van der Waals surface area contributed by atoms with Gasteiger partial charge in [-0.25, -0.2) is 4.79 Å². The van der Waals surface area contributed by atoms with Crippen molar-refractivity contribution in [1.82, 2.24) is 20.0 Å². The van der Waals surface area contributed by atoms with E-state index in [1.807, 2.05) is 17.0 Å². The van der Waals surface area contributed by atoms with E-state index in [1.54, 1.807) is 24.3 Å². The van der Waals surface area contributed by atoms with Crippen molar-refractivity contribution in [3.05, 3.63) is 58.1 Å². The molecule has 13 heteroatoms. The quantitative estimate of drug-likeness (QED) is 0.337. The molecule has 0 aromatic heterocycles. The molecule has 248 valence electrons. The molecule has 2 atom stereocenters. The van der Waals surface area contributed by atoms with Crippen LogP contribution in [0, 0.1) is 0 Å². The van der Waals surface area contributed by atoms with E-state index in [0.717, 1.165) is 36.9 Å². The van der Waals surface area contributed by atoms with Gasteiger partial charge in [-0.05, 0) is 62.6 Å². The van der Waals surface area contributed by atoms with Crippen LogP contribution in [0.2, 0.25) is 5.02 Å². The van der Waals surface area contributed by atoms with Gasteiger partial charge in [-0.15, -0.1) is 0 Å². The maximum atomic E-state index is 13.8. The number of benzene rings is 2. The Morgan fingerprint density at radius 3 is 2.66 bits per heavy atom. The summed E-state index contributed by atoms with van der Waals surface area (Å²) in [6, 6.07) is 9.84. The standard InChI is InChI=1S/C34H38ClN5O7/c35-21-8-9-25-24(19-21)34(47-33(45)36-25)12-16-39(17-13-34)32(44)27-6-1-2-14-38(27)15-4-18-46-28-7-3-5-22-23(28)20-40(31(22)43)26-10-11-29(41)37-30(26)42/h3,5,7-9,19,26-27H,1-2,4,6,10-18,20H2,(H,36,45)(H,37,41,42). The average molecular weight is 664 g/mol. The summed E-state index contributed by atoms with van der Waals surface area (Å²) < 4.78 is 12.0. The Morgan fingerprint density at radius 1 is 1.02 bits per heavy atom. The second-order valence-electron chi connectivity index (χ2n) is 13.0. The van der Waals surface area contributed by atoms with Crippen LogP contribution in [0.25, 0.3) is 0 Å². The number of hydrogen-bond donors (Lipinski definition) is 2. The molecule has 1 spiro atoms. The molecule has 3 fully saturated rings. The van der Waals surface area contributed by atoms with Gasteiger partial charge >= 0.3 is 6.09 Å². The largest absolute Gasteiger partial charge is 0.493 e. The van der Waals surface area contributed by atoms with Gasteiger partial charge in [0.25, 0.3) is 5.91 Å². The summed E-state index contributed by atoms with van der Waals surface area (Å²) in [6.45, 7) is 3.16. The summed E-state index contributed by atoms with van der Waals surface area (Å²) in [7, 11) is 0. The zero-order valence-electron chi connectivity index (χ0n) is 26.1. The first-order valence-electron chi connectivity index (χ1n) is 16.4. The van der Waals surface area contributed by atoms with Gasteiger partial charge in [0.05, 0.1) is 24.9 Å². The van der Waals surface area contributed by atoms with Gasteiger partial charge in [-0.1, -0.05) is 24.1 Å². The normalized spacial score (nSPS) is 23.9. The van der Waals surface area contributed by atoms with Gasteiger partial charge in [0.1, 0.15) is 17.4 Å². The highest BCUT2D eigenvalue weighted by Gasteiger charge is 2.46. The summed E-state index contributed by atoms with van der Waals surface area (Å²) in [5, 5.41) is 5.67. The number of carbonyl (C=O) groups excluding carboxylic acids is 5. The Morgan fingerprint density at radius 2 is 1.85 bits per heavy atom. The topological polar surface area (TPSA) is 138 Å². The molecule has 0 saturated carbocycles. The van der Waals surface area contributed by atoms with Crippen LogP contribution in [0.3, 0.4) is 0 Å². The van der Waals surface area contributed by atoms with Crippen LogP contribution in [0.15, 0.2) is 36.4 Å². The molecule has 5 aliphatic rings. The fourth-order valence-corrected chi connectivity index (χ4v) is 7.89. The lowest BCUT2D eigenvalue weighted by atomic mass is 9.82. The highest BCUT2D eigenvalue weighted by Crippen LogP contribution is 2.44. The first kappa shape index (κ1) is 31.4. The van der Waals surface area contributed by atoms with Crippen LogP contribution in [0.5, 0.6) is 5.75 Å². The first-order chi connectivity index (χ1) is 22.7. The number of rotatable bonds is 7. The number of fused-ring (bicyclic) bond motifs is 3. The van der Waals surface area contributed by atoms with Crippen LogP contribution in [-0.4, -0.2) is 89.3 Å². The average Bonchev–Trinajstić information content (AvgIpc) is 3.40. The van der Waals surface area contributed by atoms with Gasteiger partial charge in [0.15, 0.2) is 0 Å². The second-order valence-corrected chi connectivity index (χ2v) is 13.4. The SMILES string of the molecule is O=C1CCC(N2Cc3c(OCCCN4CCCCC4C(=O)N4CCC5(CC4)OC(=O)Nc4ccc(Cl)cc45)cccc3C2=O)C(=O)N1. The van der Waals surface area contributed by atoms with E-state index in [-0.39, 0.29) is 36.7 Å². The molecule has 0 bridgehead atoms. The third-order valence-electron chi connectivity index (χ3n) is 10.2. The van der Waals surface area contributed by atoms with Gasteiger partial charge < -0.3 is 19.3 Å². The number of hydrogen-bond acceptors (Lipinski definition) is 8. The summed E-state index contributed by atoms with van der Waals surface area (Å²) in [5.74, 6) is -0.266. The molecule has 5 aliphatic heterocycles. The molecule has 2 aromatic carbocycles. The lowest BCUT2D eigenvalue weighted by molar-refractivity contribution is -0.143. The third-order valence-corrected chi connectivity index (χ3v) is 10.4. The number of imide groups is 1. The number of likely N-dealkylation sites (tertiary alicyclic amines) is 2. The predicted octanol–water partition coefficient (Wildman–Crippen LogP) is 3.80. The Kier molecular flexibility index (Phi) is 8.56. The maximum Gasteiger partial charge on any atom is 0.412 e. The van der Waals surface area contributed by atoms with E-state index in [4.69, 9.17) is 21.1 Å². The van der Waals surface area contributed by atoms with Crippen molar-refractivity contribution in [2.24, 2.45) is 0 Å². The Balaban J connectivity index is 0.941. The minimum atomic E-state index is -0.802. The Bertz CT molecular complexity index is 1620. The van der Waals surface area contributed by atoms with Crippen LogP contribution in [-0.2, 0) is 31.3 Å². The molecule has 2 aromatic rings. The smallest absolute Gasteiger partial charge is 0.412 e. The maximum absolute atomic E-state index is 13.8. The van der Waals surface area contributed by atoms with Gasteiger partial charge in [0.2, 0.25) is 17.7 Å². The summed E-state index contributed by atoms with van der Waals surface area (Å²) >= 11 is 6.29. The number of nitrogens with one attached hydrogen (secondary N) is 2. The molecule has 5 heterocycles. The number of halogens is 1. The van der Waals surface area contributed by atoms with Crippen molar-refractivity contribution in [2.75, 3.05) is 38.1 Å². The predicted molar refractivity (Wildman–Crippen MR) is 171 cm³/mol. The van der Waals surface area contributed by atoms with Crippen molar-refractivity contribution in [3.63, 3.8) is 0 Å². The molecule has 2 N–H and O–H groups in total. The number of anilines is 1. The summed E-state index contributed by atoms with van der Waals surface area (Å²) in [6.07, 6.45) is 4.54.